The number of hydrogen-bond donors (Lipinski definition) is 6. The molecular weight excluding hydrogens is 1550 g/mol. The normalized spacial score (nSPS) is 14.5. The average molecular weight is 1640 g/mol. The van der Waals surface area contributed by atoms with Gasteiger partial charge in [0, 0.05) is 76.1 Å². The van der Waals surface area contributed by atoms with Crippen molar-refractivity contribution in [3.63, 3.8) is 0 Å². The topological polar surface area (TPSA) is 330 Å². The monoisotopic (exact) mass is 1640 g/mol. The molecule has 14 aromatic rings. The molecule has 7 N–H and O–H groups in total. The van der Waals surface area contributed by atoms with E-state index in [1.165, 1.54) is 61.3 Å². The fourth-order valence-electron chi connectivity index (χ4n) is 11.8. The SMILES string of the molecule is CC(C)(C)OC(=O)Nc1ccc(/C=C/B2OC(C)(C)C(C)(C)O2)cc1.CC1(C)OB(/C=C/c2cccc(F)c2)OC1(C)C.Nc1cc(F)c2n[nH]c(/C=C/c3cccnc3)c2c1.O=C(Nc1cc(F)c2c(c1)c(/C=C/c1cccnc1)nn2C(=O)c1ccco1)c1ccco1.O=C(Nc1cc(F)c2n[nH]c(/C=C/c3cccnc3)c2c1)c1ccco1. The number of aromatic amines is 2. The predicted octanol–water partition coefficient (Wildman–Crippen LogP) is 20.0. The molecule has 25 nitrogen and oxygen atoms in total. The van der Waals surface area contributed by atoms with Gasteiger partial charge < -0.3 is 53.0 Å². The number of aromatic nitrogens is 9. The minimum Gasteiger partial charge on any atom is -0.459 e. The highest BCUT2D eigenvalue weighted by molar-refractivity contribution is 6.53. The molecule has 2 aliphatic rings. The summed E-state index contributed by atoms with van der Waals surface area (Å²) in [6, 6.07) is 42.7. The van der Waals surface area contributed by atoms with Gasteiger partial charge in [-0.05, 0) is 237 Å². The third-order valence-electron chi connectivity index (χ3n) is 19.2. The van der Waals surface area contributed by atoms with Crippen LogP contribution in [0.2, 0.25) is 0 Å². The molecule has 0 spiro atoms. The van der Waals surface area contributed by atoms with Gasteiger partial charge in [-0.1, -0.05) is 84.8 Å². The van der Waals surface area contributed by atoms with Crippen molar-refractivity contribution in [1.29, 1.82) is 0 Å². The number of ether oxygens (including phenoxy) is 1. The first-order valence-corrected chi connectivity index (χ1v) is 38.0. The van der Waals surface area contributed by atoms with Crippen LogP contribution in [0.4, 0.5) is 45.1 Å². The van der Waals surface area contributed by atoms with Gasteiger partial charge >= 0.3 is 26.2 Å². The van der Waals surface area contributed by atoms with Crippen LogP contribution in [0.15, 0.2) is 239 Å². The first-order valence-electron chi connectivity index (χ1n) is 38.0. The molecule has 0 unspecified atom stereocenters. The summed E-state index contributed by atoms with van der Waals surface area (Å²) in [5.41, 5.74) is 11.8. The Morgan fingerprint density at radius 1 is 0.463 bits per heavy atom. The maximum atomic E-state index is 15.2. The molecule has 2 saturated heterocycles. The van der Waals surface area contributed by atoms with Gasteiger partial charge in [-0.2, -0.15) is 20.0 Å². The minimum atomic E-state index is -0.740. The number of anilines is 4. The lowest BCUT2D eigenvalue weighted by molar-refractivity contribution is 0.00578. The highest BCUT2D eigenvalue weighted by atomic mass is 19.1. The number of nitrogens with two attached hydrogens (primary N) is 1. The number of nitrogens with zero attached hydrogens (tertiary/aromatic N) is 7. The fraction of sp³-hybridized carbons (Fsp3) is 0.178. The van der Waals surface area contributed by atoms with Gasteiger partial charge in [0.1, 0.15) is 28.0 Å². The Kier molecular flexibility index (Phi) is 26.8. The minimum absolute atomic E-state index is 0.0109. The van der Waals surface area contributed by atoms with Crippen molar-refractivity contribution < 1.29 is 73.3 Å². The molecule has 0 radical (unpaired) electrons. The van der Waals surface area contributed by atoms with Crippen molar-refractivity contribution in [1.82, 2.24) is 45.1 Å². The van der Waals surface area contributed by atoms with E-state index in [-0.39, 0.29) is 69.3 Å². The van der Waals surface area contributed by atoms with E-state index in [4.69, 9.17) is 42.3 Å². The number of halogens is 4. The summed E-state index contributed by atoms with van der Waals surface area (Å²) in [7, 11) is -0.761. The standard InChI is InChI=1S/C24H15FN4O4.C19H28BNO4.C19H13FN4O2.C14H18BFO2.C14H11FN4/c25-18-13-16(27-23(30)20-5-2-10-32-20)12-17-19(8-7-15-4-1-9-26-14-15)28-29(22(17)18)24(31)21-6-3-11-33-21;1-17(2,3)23-16(22)21-15-10-8-14(9-11-15)12-13-20-24-18(4,5)19(6,7)25-20;20-15-10-13(22-19(25)17-4-2-8-26-17)9-14-16(23-24-18(14)15)6-5-12-3-1-7-21-11-12;1-13(2)14(3,4)18-15(17-13)9-8-11-6-5-7-12(16)10-11;15-12-7-10(16)6-11-13(18-19-14(11)12)4-3-9-2-1-5-17-8-9/h1-14H,(H,27,30);8-13H,1-7H3,(H,21,22);1-11H,(H,22,25)(H,23,24);5-10H,1-4H3;1-8H,16H2,(H,18,19)/b8-7+;13-12+;6-5+;9-8+;4-3+. The molecule has 16 rings (SSSR count). The third-order valence-corrected chi connectivity index (χ3v) is 19.2. The Morgan fingerprint density at radius 2 is 0.909 bits per heavy atom. The molecule has 0 atom stereocenters. The molecule has 121 heavy (non-hydrogen) atoms. The quantitative estimate of drug-likeness (QED) is 0.0297. The second-order valence-corrected chi connectivity index (χ2v) is 30.5. The van der Waals surface area contributed by atoms with E-state index < -0.39 is 54.0 Å². The predicted molar refractivity (Wildman–Crippen MR) is 460 cm³/mol. The van der Waals surface area contributed by atoms with E-state index in [9.17, 15) is 32.3 Å². The average Bonchev–Trinajstić information content (AvgIpc) is 1.62. The molecule has 5 aromatic carbocycles. The summed E-state index contributed by atoms with van der Waals surface area (Å²) in [6.07, 6.45) is 28.2. The maximum Gasteiger partial charge on any atom is 0.487 e. The van der Waals surface area contributed by atoms with E-state index >= 15 is 4.39 Å². The highest BCUT2D eigenvalue weighted by Crippen LogP contribution is 2.39. The number of carbonyl (C=O) groups is 4. The summed E-state index contributed by atoms with van der Waals surface area (Å²) < 4.78 is 101. The number of furan rings is 3. The van der Waals surface area contributed by atoms with Crippen molar-refractivity contribution in [2.45, 2.75) is 104 Å². The van der Waals surface area contributed by atoms with E-state index in [0.29, 0.717) is 55.8 Å². The van der Waals surface area contributed by atoms with Gasteiger partial charge in [0.15, 0.2) is 34.7 Å². The number of rotatable bonds is 16. The van der Waals surface area contributed by atoms with Crippen molar-refractivity contribution in [2.75, 3.05) is 21.7 Å². The Balaban J connectivity index is 0.000000141. The van der Waals surface area contributed by atoms with Crippen molar-refractivity contribution in [3.8, 4) is 0 Å². The zero-order valence-corrected chi connectivity index (χ0v) is 67.8. The number of benzene rings is 5. The molecule has 31 heteroatoms. The fourth-order valence-corrected chi connectivity index (χ4v) is 11.8. The zero-order chi connectivity index (χ0) is 86.2. The Labute approximate surface area is 694 Å². The van der Waals surface area contributed by atoms with Gasteiger partial charge in [0.25, 0.3) is 11.8 Å². The molecule has 11 heterocycles. The van der Waals surface area contributed by atoms with E-state index in [0.717, 1.165) is 38.6 Å². The van der Waals surface area contributed by atoms with Crippen LogP contribution in [0.5, 0.6) is 0 Å². The van der Waals surface area contributed by atoms with Crippen LogP contribution in [0.1, 0.15) is 153 Å². The van der Waals surface area contributed by atoms with Crippen LogP contribution < -0.4 is 21.7 Å². The van der Waals surface area contributed by atoms with Gasteiger partial charge in [-0.15, -0.1) is 0 Å². The van der Waals surface area contributed by atoms with Gasteiger partial charge in [-0.3, -0.25) is 44.8 Å². The number of carbonyl (C=O) groups excluding carboxylic acids is 4. The van der Waals surface area contributed by atoms with E-state index in [1.807, 2.05) is 179 Å². The van der Waals surface area contributed by atoms with Crippen LogP contribution in [-0.4, -0.2) is 111 Å². The third kappa shape index (κ3) is 22.6. The lowest BCUT2D eigenvalue weighted by Crippen LogP contribution is -2.41. The van der Waals surface area contributed by atoms with Crippen molar-refractivity contribution >= 4 is 142 Å². The van der Waals surface area contributed by atoms with Gasteiger partial charge in [0.2, 0.25) is 0 Å². The number of nitrogens with one attached hydrogen (secondary N) is 5. The highest BCUT2D eigenvalue weighted by Gasteiger charge is 2.51. The molecule has 616 valence electrons. The lowest BCUT2D eigenvalue weighted by atomic mass is 9.89. The number of amides is 3. The molecule has 2 fully saturated rings. The largest absolute Gasteiger partial charge is 0.487 e. The molecule has 0 aliphatic carbocycles. The number of pyridine rings is 3. The molecule has 0 saturated carbocycles. The number of H-pyrrole nitrogens is 2. The van der Waals surface area contributed by atoms with Crippen LogP contribution in [-0.2, 0) is 23.4 Å². The summed E-state index contributed by atoms with van der Waals surface area (Å²) in [5, 5.41) is 27.3. The number of nitrogen functional groups attached to an aromatic ring is 1. The molecule has 2 aliphatic heterocycles. The molecule has 3 amide bonds. The molecule has 0 bridgehead atoms. The van der Waals surface area contributed by atoms with Crippen molar-refractivity contribution in [2.24, 2.45) is 0 Å². The second-order valence-electron chi connectivity index (χ2n) is 30.5. The first kappa shape index (κ1) is 86.2. The first-order chi connectivity index (χ1) is 57.7. The van der Waals surface area contributed by atoms with Crippen LogP contribution >= 0.6 is 0 Å². The second kappa shape index (κ2) is 37.6. The Bertz CT molecular complexity index is 6060. The zero-order valence-electron chi connectivity index (χ0n) is 67.8. The van der Waals surface area contributed by atoms with Crippen molar-refractivity contribution in [3.05, 3.63) is 311 Å². The lowest BCUT2D eigenvalue weighted by Gasteiger charge is -2.32. The summed E-state index contributed by atoms with van der Waals surface area (Å²) >= 11 is 0. The van der Waals surface area contributed by atoms with E-state index in [1.54, 1.807) is 104 Å². The summed E-state index contributed by atoms with van der Waals surface area (Å²) in [5.74, 6) is 0.385. The summed E-state index contributed by atoms with van der Waals surface area (Å²) in [6.45, 7) is 21.6. The molecular formula is C90H85B2F4N13O12. The number of hydrogen-bond acceptors (Lipinski definition) is 19. The smallest absolute Gasteiger partial charge is 0.459 e. The van der Waals surface area contributed by atoms with Crippen LogP contribution in [0.3, 0.4) is 0 Å². The van der Waals surface area contributed by atoms with Crippen LogP contribution in [0, 0.1) is 23.3 Å². The Hall–Kier alpha value is -14.1. The summed E-state index contributed by atoms with van der Waals surface area (Å²) in [4.78, 5) is 61.2. The van der Waals surface area contributed by atoms with Gasteiger partial charge in [-0.25, -0.2) is 22.4 Å². The molecule has 9 aromatic heterocycles. The van der Waals surface area contributed by atoms with E-state index in [2.05, 4.69) is 56.4 Å². The van der Waals surface area contributed by atoms with Gasteiger partial charge in [0.05, 0.1) is 58.3 Å². The van der Waals surface area contributed by atoms with Crippen LogP contribution in [0.25, 0.3) is 81.3 Å². The maximum absolute atomic E-state index is 15.2. The number of fused-ring (bicyclic) bond motifs is 3. The Morgan fingerprint density at radius 3 is 1.37 bits per heavy atom.